The Morgan fingerprint density at radius 1 is 1.27 bits per heavy atom. The number of fused-ring (bicyclic) bond motifs is 1. The number of carbonyl (C=O) groups excluding carboxylic acids is 1. The first-order valence-electron chi connectivity index (χ1n) is 7.88. The monoisotopic (exact) mass is 412 g/mol. The van der Waals surface area contributed by atoms with Crippen LogP contribution in [0.15, 0.2) is 59.3 Å². The third-order valence-corrected chi connectivity index (χ3v) is 4.56. The number of rotatable bonds is 3. The molecule has 26 heavy (non-hydrogen) atoms. The highest BCUT2D eigenvalue weighted by atomic mass is 79.9. The lowest BCUT2D eigenvalue weighted by molar-refractivity contribution is -0.110. The minimum Gasteiger partial charge on any atom is -0.352 e. The summed E-state index contributed by atoms with van der Waals surface area (Å²) >= 11 is 3.44. The molecule has 1 amide bonds. The average Bonchev–Trinajstić information content (AvgIpc) is 3.15. The molecule has 0 saturated carbocycles. The Bertz CT molecular complexity index is 1060. The van der Waals surface area contributed by atoms with E-state index < -0.39 is 0 Å². The summed E-state index contributed by atoms with van der Waals surface area (Å²) in [6, 6.07) is 11.7. The van der Waals surface area contributed by atoms with Crippen LogP contribution >= 0.6 is 15.9 Å². The van der Waals surface area contributed by atoms with Crippen LogP contribution in [0.4, 0.5) is 15.8 Å². The summed E-state index contributed by atoms with van der Waals surface area (Å²) in [6.07, 6.45) is 3.43. The third kappa shape index (κ3) is 3.01. The van der Waals surface area contributed by atoms with Crippen molar-refractivity contribution in [3.8, 4) is 0 Å². The van der Waals surface area contributed by atoms with Crippen molar-refractivity contribution in [1.29, 1.82) is 0 Å². The number of aromatic nitrogens is 2. The maximum Gasteiger partial charge on any atom is 0.258 e. The predicted molar refractivity (Wildman–Crippen MR) is 103 cm³/mol. The van der Waals surface area contributed by atoms with Crippen molar-refractivity contribution in [2.45, 2.75) is 0 Å². The van der Waals surface area contributed by atoms with E-state index in [1.54, 1.807) is 36.3 Å². The van der Waals surface area contributed by atoms with Crippen LogP contribution in [-0.2, 0) is 11.8 Å². The van der Waals surface area contributed by atoms with Crippen molar-refractivity contribution >= 4 is 44.5 Å². The fourth-order valence-corrected chi connectivity index (χ4v) is 3.30. The van der Waals surface area contributed by atoms with Gasteiger partial charge in [0.15, 0.2) is 0 Å². The lowest BCUT2D eigenvalue weighted by Crippen LogP contribution is -2.10. The second-order valence-corrected chi connectivity index (χ2v) is 6.85. The first-order chi connectivity index (χ1) is 12.5. The van der Waals surface area contributed by atoms with Gasteiger partial charge in [-0.3, -0.25) is 9.48 Å². The molecule has 1 aliphatic rings. The second-order valence-electron chi connectivity index (χ2n) is 5.93. The zero-order chi connectivity index (χ0) is 18.3. The van der Waals surface area contributed by atoms with Crippen LogP contribution in [0.5, 0.6) is 0 Å². The van der Waals surface area contributed by atoms with E-state index >= 15 is 0 Å². The molecule has 130 valence electrons. The lowest BCUT2D eigenvalue weighted by Gasteiger charge is -2.13. The van der Waals surface area contributed by atoms with Crippen molar-refractivity contribution in [3.05, 3.63) is 76.3 Å². The van der Waals surface area contributed by atoms with E-state index in [1.165, 1.54) is 12.1 Å². The predicted octanol–water partition coefficient (Wildman–Crippen LogP) is 4.25. The molecule has 0 spiro atoms. The Hall–Kier alpha value is -2.93. The molecule has 1 aliphatic heterocycles. The molecular weight excluding hydrogens is 399 g/mol. The normalized spacial score (nSPS) is 14.8. The summed E-state index contributed by atoms with van der Waals surface area (Å²) in [5.74, 6) is -0.616. The van der Waals surface area contributed by atoms with E-state index in [4.69, 9.17) is 0 Å². The summed E-state index contributed by atoms with van der Waals surface area (Å²) in [4.78, 5) is 12.7. The molecule has 0 bridgehead atoms. The van der Waals surface area contributed by atoms with Gasteiger partial charge in [-0.05, 0) is 30.3 Å². The van der Waals surface area contributed by atoms with Crippen molar-refractivity contribution in [2.24, 2.45) is 7.05 Å². The number of halogens is 2. The van der Waals surface area contributed by atoms with Gasteiger partial charge < -0.3 is 10.6 Å². The summed E-state index contributed by atoms with van der Waals surface area (Å²) < 4.78 is 16.3. The lowest BCUT2D eigenvalue weighted by atomic mass is 10.00. The average molecular weight is 413 g/mol. The topological polar surface area (TPSA) is 59.0 Å². The van der Waals surface area contributed by atoms with Crippen molar-refractivity contribution in [3.63, 3.8) is 0 Å². The molecule has 2 N–H and O–H groups in total. The number of benzene rings is 2. The molecule has 5 nitrogen and oxygen atoms in total. The Kier molecular flexibility index (Phi) is 4.08. The van der Waals surface area contributed by atoms with Crippen molar-refractivity contribution in [2.75, 3.05) is 10.6 Å². The number of aryl methyl sites for hydroxylation is 1. The van der Waals surface area contributed by atoms with Crippen LogP contribution in [0.2, 0.25) is 0 Å². The third-order valence-electron chi connectivity index (χ3n) is 4.06. The number of anilines is 2. The zero-order valence-corrected chi connectivity index (χ0v) is 15.3. The molecule has 0 radical (unpaired) electrons. The van der Waals surface area contributed by atoms with Crippen LogP contribution in [0.1, 0.15) is 11.1 Å². The molecule has 0 aliphatic carbocycles. The van der Waals surface area contributed by atoms with Gasteiger partial charge in [0, 0.05) is 34.5 Å². The standard InChI is InChI=1S/C19H14BrFN4O/c1-25-10-14(9-22-25)23-18(11-3-2-4-13(21)7-11)17-15-8-12(20)5-6-16(15)24-19(17)26/h2-10,23H,1H3,(H,24,26)/b18-17-. The summed E-state index contributed by atoms with van der Waals surface area (Å²) in [5, 5.41) is 10.2. The van der Waals surface area contributed by atoms with Crippen LogP contribution in [0.3, 0.4) is 0 Å². The van der Waals surface area contributed by atoms with Gasteiger partial charge in [-0.1, -0.05) is 28.1 Å². The van der Waals surface area contributed by atoms with E-state index in [2.05, 4.69) is 31.7 Å². The Labute approximate surface area is 157 Å². The highest BCUT2D eigenvalue weighted by Crippen LogP contribution is 2.38. The molecule has 0 saturated heterocycles. The van der Waals surface area contributed by atoms with Crippen LogP contribution in [0, 0.1) is 5.82 Å². The number of hydrogen-bond donors (Lipinski definition) is 2. The maximum absolute atomic E-state index is 13.8. The molecule has 2 heterocycles. The van der Waals surface area contributed by atoms with Gasteiger partial charge in [0.1, 0.15) is 5.82 Å². The molecular formula is C19H14BrFN4O. The molecule has 3 aromatic rings. The summed E-state index contributed by atoms with van der Waals surface area (Å²) in [5.41, 5.74) is 3.72. The second kappa shape index (κ2) is 6.42. The number of carbonyl (C=O) groups is 1. The van der Waals surface area contributed by atoms with Crippen molar-refractivity contribution in [1.82, 2.24) is 9.78 Å². The molecule has 0 unspecified atom stereocenters. The Morgan fingerprint density at radius 2 is 2.12 bits per heavy atom. The van der Waals surface area contributed by atoms with Gasteiger partial charge in [0.05, 0.1) is 23.2 Å². The highest BCUT2D eigenvalue weighted by Gasteiger charge is 2.28. The van der Waals surface area contributed by atoms with Gasteiger partial charge in [-0.25, -0.2) is 4.39 Å². The molecule has 0 atom stereocenters. The van der Waals surface area contributed by atoms with Gasteiger partial charge in [-0.2, -0.15) is 5.10 Å². The summed E-state index contributed by atoms with van der Waals surface area (Å²) in [6.45, 7) is 0. The SMILES string of the molecule is Cn1cc(N/C(=C2\C(=O)Nc3ccc(Br)cc32)c2cccc(F)c2)cn1. The zero-order valence-electron chi connectivity index (χ0n) is 13.8. The Morgan fingerprint density at radius 3 is 2.85 bits per heavy atom. The molecule has 0 fully saturated rings. The van der Waals surface area contributed by atoms with Gasteiger partial charge in [-0.15, -0.1) is 0 Å². The first kappa shape index (κ1) is 16.5. The van der Waals surface area contributed by atoms with Crippen LogP contribution < -0.4 is 10.6 Å². The van der Waals surface area contributed by atoms with Crippen molar-refractivity contribution < 1.29 is 9.18 Å². The van der Waals surface area contributed by atoms with E-state index in [-0.39, 0.29) is 11.7 Å². The maximum atomic E-state index is 13.8. The smallest absolute Gasteiger partial charge is 0.258 e. The quantitative estimate of drug-likeness (QED) is 0.632. The highest BCUT2D eigenvalue weighted by molar-refractivity contribution is 9.10. The number of nitrogens with one attached hydrogen (secondary N) is 2. The minimum atomic E-state index is -0.374. The van der Waals surface area contributed by atoms with E-state index in [0.717, 1.165) is 15.7 Å². The summed E-state index contributed by atoms with van der Waals surface area (Å²) in [7, 11) is 1.80. The largest absolute Gasteiger partial charge is 0.352 e. The molecule has 4 rings (SSSR count). The van der Waals surface area contributed by atoms with Gasteiger partial charge in [0.25, 0.3) is 5.91 Å². The fourth-order valence-electron chi connectivity index (χ4n) is 2.94. The molecule has 1 aromatic heterocycles. The number of nitrogens with zero attached hydrogens (tertiary/aromatic N) is 2. The van der Waals surface area contributed by atoms with E-state index in [1.807, 2.05) is 18.2 Å². The van der Waals surface area contributed by atoms with E-state index in [0.29, 0.717) is 22.5 Å². The minimum absolute atomic E-state index is 0.242. The first-order valence-corrected chi connectivity index (χ1v) is 8.68. The van der Waals surface area contributed by atoms with Crippen LogP contribution in [-0.4, -0.2) is 15.7 Å². The van der Waals surface area contributed by atoms with Gasteiger partial charge in [0.2, 0.25) is 0 Å². The fraction of sp³-hybridized carbons (Fsp3) is 0.0526. The number of hydrogen-bond acceptors (Lipinski definition) is 3. The molecule has 7 heteroatoms. The number of amides is 1. The van der Waals surface area contributed by atoms with Gasteiger partial charge >= 0.3 is 0 Å². The molecule has 2 aromatic carbocycles. The Balaban J connectivity index is 1.94. The van der Waals surface area contributed by atoms with Crippen LogP contribution in [0.25, 0.3) is 11.3 Å². The van der Waals surface area contributed by atoms with E-state index in [9.17, 15) is 9.18 Å².